The number of amides is 2. The summed E-state index contributed by atoms with van der Waals surface area (Å²) in [6.45, 7) is 9.80. The molecule has 7 aromatic carbocycles. The molecule has 2 fully saturated rings. The summed E-state index contributed by atoms with van der Waals surface area (Å²) < 4.78 is 18.0. The van der Waals surface area contributed by atoms with Crippen LogP contribution in [0.2, 0.25) is 0 Å². The van der Waals surface area contributed by atoms with Gasteiger partial charge in [-0.1, -0.05) is 179 Å². The van der Waals surface area contributed by atoms with Crippen molar-refractivity contribution in [2.24, 2.45) is 0 Å². The number of carbonyl (C=O) groups excluding carboxylic acids is 4. The Bertz CT molecular complexity index is 5190. The van der Waals surface area contributed by atoms with Crippen molar-refractivity contribution in [3.05, 3.63) is 342 Å². The summed E-state index contributed by atoms with van der Waals surface area (Å²) in [7, 11) is 0. The third kappa shape index (κ3) is 27.6. The number of ketones is 3. The smallest absolute Gasteiger partial charge is 0.315 e. The molecule has 2 N–H and O–H groups in total. The number of nitrogens with one attached hydrogen (secondary N) is 2. The summed E-state index contributed by atoms with van der Waals surface area (Å²) in [6, 6.07) is 79.6. The molecule has 13 aromatic rings. The zero-order chi connectivity index (χ0) is 82.6. The van der Waals surface area contributed by atoms with Crippen molar-refractivity contribution in [1.29, 1.82) is 0 Å². The Morgan fingerprint density at radius 3 is 1.25 bits per heavy atom. The minimum Gasteiger partial charge on any atom is -0.493 e. The standard InChI is InChI=1S/C39H33N3O2.C34H45N3O2.C28H31N5O3S/c43-35(24-32-16-15-31-14-13-29-8-6-9-30-17-18-37(32)39(31)38(29)30)19-22-44-36-12-5-7-28(23-36)25-42(26-33-10-1-3-20-40-33)27-34-11-2-4-21-41-34;1-2-3-4-5-6-7-8-9-10-11-20-33(38)22-25-39-34-21-16-17-30(26-34)27-37(28-31-18-12-14-23-35-31)29-32-19-13-15-24-36-32;34-23(15-26-27-25(19-37-26)31-28(35)32-27)10-13-36-24-9-5-6-20(14-24)16-33(17-21-7-1-3-11-29-21)18-22-8-2-4-12-30-22/h1-18,20-21,23H,19,22,24-27H2;9-10,12-19,21,23-24,26H,2-8,11,20,22,25,27-29H2,1H3;1-9,11-12,14,25-27H,10,13,15-19H2,(H2,31,32,35)/b;10-9-;. The molecule has 2 aliphatic heterocycles. The largest absolute Gasteiger partial charge is 0.493 e. The number of aromatic nitrogens is 6. The van der Waals surface area contributed by atoms with Gasteiger partial charge in [-0.2, -0.15) is 11.8 Å². The second kappa shape index (κ2) is 46.5. The van der Waals surface area contributed by atoms with Crippen LogP contribution in [-0.4, -0.2) is 111 Å². The van der Waals surface area contributed by atoms with E-state index in [4.69, 9.17) is 14.2 Å². The summed E-state index contributed by atoms with van der Waals surface area (Å²) in [4.78, 5) is 83.5. The summed E-state index contributed by atoms with van der Waals surface area (Å²) in [5.74, 6) is 3.77. The van der Waals surface area contributed by atoms with E-state index in [0.29, 0.717) is 91.1 Å². The fourth-order valence-electron chi connectivity index (χ4n) is 15.4. The number of benzene rings is 7. The molecule has 0 radical (unpaired) electrons. The molecule has 18 nitrogen and oxygen atoms in total. The normalized spacial score (nSPS) is 14.2. The lowest BCUT2D eigenvalue weighted by molar-refractivity contribution is -0.120. The van der Waals surface area contributed by atoms with Gasteiger partial charge >= 0.3 is 6.03 Å². The summed E-state index contributed by atoms with van der Waals surface area (Å²) in [6.07, 6.45) is 27.8. The van der Waals surface area contributed by atoms with Crippen LogP contribution in [0.5, 0.6) is 17.2 Å². The number of hydrogen-bond acceptors (Lipinski definition) is 17. The third-order valence-corrected chi connectivity index (χ3v) is 22.8. The fourth-order valence-corrected chi connectivity index (χ4v) is 17.0. The van der Waals surface area contributed by atoms with Crippen LogP contribution in [0.25, 0.3) is 32.3 Å². The molecule has 120 heavy (non-hydrogen) atoms. The second-order valence-corrected chi connectivity index (χ2v) is 32.1. The maximum absolute atomic E-state index is 13.1. The first-order chi connectivity index (χ1) is 59.0. The van der Waals surface area contributed by atoms with Crippen molar-refractivity contribution in [3.63, 3.8) is 0 Å². The van der Waals surface area contributed by atoms with E-state index in [2.05, 4.69) is 159 Å². The Morgan fingerprint density at radius 2 is 0.800 bits per heavy atom. The predicted octanol–water partition coefficient (Wildman–Crippen LogP) is 19.8. The first-order valence-electron chi connectivity index (χ1n) is 42.3. The fraction of sp³-hybridized carbons (Fsp3) is 0.307. The minimum absolute atomic E-state index is 0.0409. The van der Waals surface area contributed by atoms with Crippen molar-refractivity contribution in [2.75, 3.05) is 25.6 Å². The number of unbranched alkanes of at least 4 members (excludes halogenated alkanes) is 6. The van der Waals surface area contributed by atoms with Gasteiger partial charge in [0.05, 0.1) is 66.1 Å². The van der Waals surface area contributed by atoms with Crippen molar-refractivity contribution >= 4 is 67.5 Å². The molecule has 15 rings (SSSR count). The molecule has 2 aliphatic rings. The maximum atomic E-state index is 13.1. The molecule has 616 valence electrons. The number of hydrogen-bond donors (Lipinski definition) is 2. The van der Waals surface area contributed by atoms with E-state index in [-0.39, 0.29) is 40.7 Å². The van der Waals surface area contributed by atoms with E-state index in [1.165, 1.54) is 65.5 Å². The van der Waals surface area contributed by atoms with E-state index >= 15 is 0 Å². The van der Waals surface area contributed by atoms with Crippen molar-refractivity contribution in [3.8, 4) is 17.2 Å². The van der Waals surface area contributed by atoms with Crippen molar-refractivity contribution in [2.45, 2.75) is 173 Å². The van der Waals surface area contributed by atoms with Crippen molar-refractivity contribution in [1.82, 2.24) is 55.2 Å². The molecule has 3 atom stereocenters. The number of fused-ring (bicyclic) bond motifs is 1. The molecule has 0 aliphatic carbocycles. The number of Topliss-reactive ketones (excluding diaryl/α,β-unsaturated/α-hetero) is 3. The number of pyridine rings is 6. The van der Waals surface area contributed by atoms with Gasteiger partial charge in [-0.05, 0) is 183 Å². The Hall–Kier alpha value is -11.9. The van der Waals surface area contributed by atoms with E-state index in [1.807, 2.05) is 189 Å². The topological polar surface area (TPSA) is 207 Å². The highest BCUT2D eigenvalue weighted by atomic mass is 32.2. The van der Waals surface area contributed by atoms with Crippen LogP contribution in [0.3, 0.4) is 0 Å². The molecule has 8 heterocycles. The molecule has 2 saturated heterocycles. The van der Waals surface area contributed by atoms with Crippen LogP contribution in [-0.2, 0) is 79.7 Å². The maximum Gasteiger partial charge on any atom is 0.315 e. The highest BCUT2D eigenvalue weighted by molar-refractivity contribution is 8.00. The van der Waals surface area contributed by atoms with Crippen LogP contribution in [0.15, 0.2) is 286 Å². The molecule has 3 unspecified atom stereocenters. The van der Waals surface area contributed by atoms with Gasteiger partial charge < -0.3 is 24.8 Å². The minimum atomic E-state index is -0.130. The molecule has 6 aromatic heterocycles. The summed E-state index contributed by atoms with van der Waals surface area (Å²) in [5, 5.41) is 13.3. The molecule has 0 spiro atoms. The van der Waals surface area contributed by atoms with E-state index in [0.717, 1.165) is 124 Å². The highest BCUT2D eigenvalue weighted by Crippen LogP contribution is 2.37. The van der Waals surface area contributed by atoms with Crippen LogP contribution >= 0.6 is 11.8 Å². The van der Waals surface area contributed by atoms with Gasteiger partial charge in [0.25, 0.3) is 0 Å². The van der Waals surface area contributed by atoms with Gasteiger partial charge in [-0.15, -0.1) is 0 Å². The average molecular weight is 1620 g/mol. The quantitative estimate of drug-likeness (QED) is 0.0158. The lowest BCUT2D eigenvalue weighted by atomic mass is 9.90. The monoisotopic (exact) mass is 1620 g/mol. The summed E-state index contributed by atoms with van der Waals surface area (Å²) in [5.41, 5.74) is 10.6. The second-order valence-electron chi connectivity index (χ2n) is 30.9. The Kier molecular flexibility index (Phi) is 33.3. The lowest BCUT2D eigenvalue weighted by Gasteiger charge is -2.22. The van der Waals surface area contributed by atoms with Crippen LogP contribution in [0, 0.1) is 0 Å². The van der Waals surface area contributed by atoms with Crippen LogP contribution < -0.4 is 24.8 Å². The zero-order valence-electron chi connectivity index (χ0n) is 68.8. The molecule has 0 bridgehead atoms. The van der Waals surface area contributed by atoms with Crippen molar-refractivity contribution < 1.29 is 33.4 Å². The Labute approximate surface area is 710 Å². The van der Waals surface area contributed by atoms with Crippen LogP contribution in [0.1, 0.15) is 147 Å². The van der Waals surface area contributed by atoms with Crippen LogP contribution in [0.4, 0.5) is 4.79 Å². The van der Waals surface area contributed by atoms with E-state index in [1.54, 1.807) is 11.8 Å². The first kappa shape index (κ1) is 86.0. The SMILES string of the molecule is CCCCCCCC/C=C\CCC(=O)CCOc1cccc(CN(Cc2ccccn2)Cc2ccccn2)c1.O=C(CCOc1cccc(CN(Cc2ccccn2)Cc2ccccn2)c1)CC1SCC2NC(=O)NC21.O=C(CCOc1cccc(CN(Cc2ccccn2)Cc2ccccn2)c1)Cc1ccc2ccc3cccc4ccc1c2c34. The summed E-state index contributed by atoms with van der Waals surface area (Å²) >= 11 is 1.75. The number of allylic oxidation sites excluding steroid dienone is 2. The van der Waals surface area contributed by atoms with Gasteiger partial charge in [0.1, 0.15) is 34.6 Å². The first-order valence-corrected chi connectivity index (χ1v) is 43.4. The van der Waals surface area contributed by atoms with Gasteiger partial charge in [0.15, 0.2) is 0 Å². The highest BCUT2D eigenvalue weighted by Gasteiger charge is 2.43. The lowest BCUT2D eigenvalue weighted by Crippen LogP contribution is -2.37. The number of nitrogens with zero attached hydrogens (tertiary/aromatic N) is 9. The Morgan fingerprint density at radius 1 is 0.400 bits per heavy atom. The number of rotatable bonds is 44. The van der Waals surface area contributed by atoms with E-state index in [9.17, 15) is 19.2 Å². The number of thioether (sulfide) groups is 1. The molecule has 19 heteroatoms. The van der Waals surface area contributed by atoms with Gasteiger partial charge in [0, 0.05) is 146 Å². The molecular formula is C101H109N11O7S. The molecule has 0 saturated carbocycles. The van der Waals surface area contributed by atoms with Gasteiger partial charge in [-0.25, -0.2) is 4.79 Å². The molecular weight excluding hydrogens is 1510 g/mol. The van der Waals surface area contributed by atoms with E-state index < -0.39 is 0 Å². The Balaban J connectivity index is 0.000000156. The average Bonchev–Trinajstić information content (AvgIpc) is 1.02. The van der Waals surface area contributed by atoms with Gasteiger partial charge in [-0.3, -0.25) is 59.0 Å². The predicted molar refractivity (Wildman–Crippen MR) is 479 cm³/mol. The molecule has 2 amide bonds. The zero-order valence-corrected chi connectivity index (χ0v) is 69.6. The third-order valence-electron chi connectivity index (χ3n) is 21.4. The number of ether oxygens (including phenoxy) is 3. The number of urea groups is 1. The van der Waals surface area contributed by atoms with Gasteiger partial charge in [0.2, 0.25) is 0 Å². The number of carbonyl (C=O) groups is 4.